The molecule has 0 spiro atoms. The molecule has 9 heteroatoms. The first-order valence-corrected chi connectivity index (χ1v) is 9.95. The summed E-state index contributed by atoms with van der Waals surface area (Å²) in [6, 6.07) is 10.2. The predicted octanol–water partition coefficient (Wildman–Crippen LogP) is 4.81. The minimum atomic E-state index is -4.53. The van der Waals surface area contributed by atoms with Gasteiger partial charge in [-0.05, 0) is 43.2 Å². The van der Waals surface area contributed by atoms with E-state index in [1.807, 2.05) is 0 Å². The number of aliphatic imine (C=N–C) groups is 1. The molecular weight excluding hydrogens is 426 g/mol. The van der Waals surface area contributed by atoms with Crippen LogP contribution in [0.3, 0.4) is 0 Å². The van der Waals surface area contributed by atoms with E-state index in [1.165, 1.54) is 48.4 Å². The summed E-state index contributed by atoms with van der Waals surface area (Å²) < 4.78 is 59.4. The second-order valence-corrected chi connectivity index (χ2v) is 7.16. The molecule has 1 heterocycles. The van der Waals surface area contributed by atoms with Crippen molar-refractivity contribution < 1.29 is 27.1 Å². The molecule has 1 aliphatic rings. The normalized spacial score (nSPS) is 18.0. The van der Waals surface area contributed by atoms with E-state index in [0.29, 0.717) is 17.8 Å². The number of nitrogens with one attached hydrogen (secondary N) is 1. The van der Waals surface area contributed by atoms with Crippen molar-refractivity contribution >= 4 is 11.9 Å². The lowest BCUT2D eigenvalue weighted by Crippen LogP contribution is -2.49. The molecule has 5 nitrogen and oxygen atoms in total. The van der Waals surface area contributed by atoms with Gasteiger partial charge in [0.15, 0.2) is 5.96 Å². The van der Waals surface area contributed by atoms with Gasteiger partial charge in [-0.2, -0.15) is 13.2 Å². The summed E-state index contributed by atoms with van der Waals surface area (Å²) in [6.07, 6.45) is -4.53. The molecule has 0 aliphatic carbocycles. The monoisotopic (exact) mass is 449 g/mol. The molecule has 2 aromatic rings. The van der Waals surface area contributed by atoms with Crippen LogP contribution in [0.1, 0.15) is 36.6 Å². The Hall–Kier alpha value is -3.36. The topological polar surface area (TPSA) is 53.9 Å². The largest absolute Gasteiger partial charge is 0.466 e. The summed E-state index contributed by atoms with van der Waals surface area (Å²) >= 11 is 0. The zero-order valence-electron chi connectivity index (χ0n) is 17.8. The van der Waals surface area contributed by atoms with E-state index in [1.54, 1.807) is 19.9 Å². The highest BCUT2D eigenvalue weighted by atomic mass is 19.4. The highest BCUT2D eigenvalue weighted by molar-refractivity contribution is 5.96. The fraction of sp³-hybridized carbons (Fsp3) is 0.304. The van der Waals surface area contributed by atoms with E-state index < -0.39 is 29.6 Å². The molecular formula is C23H23F4N3O2. The van der Waals surface area contributed by atoms with Crippen molar-refractivity contribution in [2.45, 2.75) is 32.6 Å². The van der Waals surface area contributed by atoms with Crippen molar-refractivity contribution in [3.05, 3.63) is 82.3 Å². The molecule has 0 fully saturated rings. The number of halogens is 4. The Morgan fingerprint density at radius 2 is 1.91 bits per heavy atom. The van der Waals surface area contributed by atoms with Crippen molar-refractivity contribution in [3.8, 4) is 0 Å². The van der Waals surface area contributed by atoms with Gasteiger partial charge in [0.1, 0.15) is 5.82 Å². The summed E-state index contributed by atoms with van der Waals surface area (Å²) in [7, 11) is 1.21. The fourth-order valence-corrected chi connectivity index (χ4v) is 3.68. The Morgan fingerprint density at radius 3 is 2.53 bits per heavy atom. The molecule has 0 amide bonds. The van der Waals surface area contributed by atoms with Crippen LogP contribution in [0.25, 0.3) is 0 Å². The van der Waals surface area contributed by atoms with Crippen LogP contribution in [0.2, 0.25) is 0 Å². The first kappa shape index (κ1) is 23.3. The number of methoxy groups -OCH3 is 1. The van der Waals surface area contributed by atoms with Crippen LogP contribution in [0.4, 0.5) is 17.6 Å². The lowest BCUT2D eigenvalue weighted by molar-refractivity contribution is -0.139. The second-order valence-electron chi connectivity index (χ2n) is 7.16. The van der Waals surface area contributed by atoms with Crippen LogP contribution in [0.15, 0.2) is 64.8 Å². The van der Waals surface area contributed by atoms with Gasteiger partial charge in [-0.25, -0.2) is 9.18 Å². The molecule has 3 rings (SSSR count). The highest BCUT2D eigenvalue weighted by Gasteiger charge is 2.37. The summed E-state index contributed by atoms with van der Waals surface area (Å²) in [5.41, 5.74) is 0.254. The number of carbonyl (C=O) groups is 1. The van der Waals surface area contributed by atoms with Crippen molar-refractivity contribution in [1.82, 2.24) is 10.2 Å². The number of hydrogen-bond acceptors (Lipinski definition) is 3. The number of alkyl halides is 3. The van der Waals surface area contributed by atoms with Gasteiger partial charge in [0.05, 0.1) is 30.8 Å². The average molecular weight is 449 g/mol. The standard InChI is InChI=1S/C23H23F4N3O2/c1-4-28-22-29-20(15-9-7-10-17(24)12-15)19(21(31)32-3)14(2)30(22)13-16-8-5-6-11-18(16)23(25,26)27/h5-12,20H,4,13H2,1-3H3,(H,28,29). The molecule has 1 atom stereocenters. The third-order valence-corrected chi connectivity index (χ3v) is 5.16. The minimum Gasteiger partial charge on any atom is -0.466 e. The highest BCUT2D eigenvalue weighted by Crippen LogP contribution is 2.36. The van der Waals surface area contributed by atoms with Gasteiger partial charge in [-0.15, -0.1) is 0 Å². The second kappa shape index (κ2) is 9.42. The summed E-state index contributed by atoms with van der Waals surface area (Å²) in [5.74, 6) is -0.875. The molecule has 0 saturated carbocycles. The van der Waals surface area contributed by atoms with Crippen LogP contribution in [0, 0.1) is 5.82 Å². The van der Waals surface area contributed by atoms with Crippen LogP contribution < -0.4 is 5.32 Å². The Labute approximate surface area is 183 Å². The van der Waals surface area contributed by atoms with Gasteiger partial charge in [0.2, 0.25) is 0 Å². The van der Waals surface area contributed by atoms with E-state index in [0.717, 1.165) is 6.07 Å². The molecule has 1 unspecified atom stereocenters. The van der Waals surface area contributed by atoms with Crippen LogP contribution in [-0.2, 0) is 22.3 Å². The first-order chi connectivity index (χ1) is 15.2. The molecule has 32 heavy (non-hydrogen) atoms. The van der Waals surface area contributed by atoms with Gasteiger partial charge in [0, 0.05) is 12.2 Å². The van der Waals surface area contributed by atoms with E-state index in [9.17, 15) is 22.4 Å². The number of hydrogen-bond donors (Lipinski definition) is 1. The SMILES string of the molecule is CCN=C1NC(c2cccc(F)c2)C(C(=O)OC)=C(C)N1Cc1ccccc1C(F)(F)F. The van der Waals surface area contributed by atoms with Crippen molar-refractivity contribution in [3.63, 3.8) is 0 Å². The molecule has 1 N–H and O–H groups in total. The number of nitrogens with zero attached hydrogens (tertiary/aromatic N) is 2. The maximum Gasteiger partial charge on any atom is 0.416 e. The molecule has 170 valence electrons. The molecule has 0 aromatic heterocycles. The maximum atomic E-state index is 13.9. The van der Waals surface area contributed by atoms with Crippen molar-refractivity contribution in [1.29, 1.82) is 0 Å². The summed E-state index contributed by atoms with van der Waals surface area (Å²) in [5, 5.41) is 3.09. The van der Waals surface area contributed by atoms with Crippen molar-refractivity contribution in [2.24, 2.45) is 4.99 Å². The minimum absolute atomic E-state index is 0.0263. The lowest BCUT2D eigenvalue weighted by Gasteiger charge is -2.38. The predicted molar refractivity (Wildman–Crippen MR) is 112 cm³/mol. The van der Waals surface area contributed by atoms with Crippen LogP contribution >= 0.6 is 0 Å². The Bertz CT molecular complexity index is 1060. The smallest absolute Gasteiger partial charge is 0.416 e. The third-order valence-electron chi connectivity index (χ3n) is 5.16. The quantitative estimate of drug-likeness (QED) is 0.526. The van der Waals surface area contributed by atoms with Gasteiger partial charge < -0.3 is 15.0 Å². The third kappa shape index (κ3) is 4.76. The Kier molecular flexibility index (Phi) is 6.86. The zero-order chi connectivity index (χ0) is 23.5. The summed E-state index contributed by atoms with van der Waals surface area (Å²) in [4.78, 5) is 18.6. The van der Waals surface area contributed by atoms with Gasteiger partial charge >= 0.3 is 12.1 Å². The van der Waals surface area contributed by atoms with Crippen LogP contribution in [-0.4, -0.2) is 30.5 Å². The van der Waals surface area contributed by atoms with E-state index in [2.05, 4.69) is 10.3 Å². The number of benzene rings is 2. The Morgan fingerprint density at radius 1 is 1.19 bits per heavy atom. The zero-order valence-corrected chi connectivity index (χ0v) is 17.8. The van der Waals surface area contributed by atoms with Gasteiger partial charge in [0.25, 0.3) is 0 Å². The number of allylic oxidation sites excluding steroid dienone is 1. The molecule has 2 aromatic carbocycles. The average Bonchev–Trinajstić information content (AvgIpc) is 2.75. The number of guanidine groups is 1. The van der Waals surface area contributed by atoms with E-state index in [4.69, 9.17) is 4.74 Å². The number of esters is 1. The van der Waals surface area contributed by atoms with E-state index in [-0.39, 0.29) is 23.6 Å². The van der Waals surface area contributed by atoms with E-state index >= 15 is 0 Å². The number of ether oxygens (including phenoxy) is 1. The fourth-order valence-electron chi connectivity index (χ4n) is 3.68. The molecule has 1 aliphatic heterocycles. The lowest BCUT2D eigenvalue weighted by atomic mass is 9.94. The first-order valence-electron chi connectivity index (χ1n) is 9.95. The maximum absolute atomic E-state index is 13.9. The number of carbonyl (C=O) groups excluding carboxylic acids is 1. The van der Waals surface area contributed by atoms with Gasteiger partial charge in [-0.3, -0.25) is 4.99 Å². The molecule has 0 bridgehead atoms. The Balaban J connectivity index is 2.15. The number of rotatable bonds is 5. The molecule has 0 radical (unpaired) electrons. The van der Waals surface area contributed by atoms with Gasteiger partial charge in [-0.1, -0.05) is 30.3 Å². The summed E-state index contributed by atoms with van der Waals surface area (Å²) in [6.45, 7) is 3.56. The van der Waals surface area contributed by atoms with Crippen LogP contribution in [0.5, 0.6) is 0 Å². The van der Waals surface area contributed by atoms with Crippen molar-refractivity contribution in [2.75, 3.05) is 13.7 Å². The molecule has 0 saturated heterocycles.